The Morgan fingerprint density at radius 2 is 2.29 bits per heavy atom. The van der Waals surface area contributed by atoms with Crippen LogP contribution in [0.4, 0.5) is 4.79 Å². The molecule has 0 saturated heterocycles. The number of carboxylic acids is 1. The minimum absolute atomic E-state index is 0.00754. The number of urea groups is 1. The number of carbonyl (C=O) groups excluding carboxylic acids is 1. The van der Waals surface area contributed by atoms with Gasteiger partial charge in [0.25, 0.3) is 0 Å². The highest BCUT2D eigenvalue weighted by Gasteiger charge is 2.17. The zero-order chi connectivity index (χ0) is 15.8. The van der Waals surface area contributed by atoms with Crippen LogP contribution in [-0.2, 0) is 11.3 Å². The maximum atomic E-state index is 12.0. The molecule has 8 nitrogen and oxygen atoms in total. The fraction of sp³-hybridized carbons (Fsp3) is 0.615. The van der Waals surface area contributed by atoms with Gasteiger partial charge in [0.1, 0.15) is 0 Å². The van der Waals surface area contributed by atoms with Crippen molar-refractivity contribution in [1.29, 1.82) is 0 Å². The van der Waals surface area contributed by atoms with Crippen molar-refractivity contribution in [3.63, 3.8) is 0 Å². The second kappa shape index (κ2) is 8.25. The third kappa shape index (κ3) is 5.07. The standard InChI is InChI=1S/C13H22N4O4/c1-4-17(10(2)8-21-3)13(20)14-5-6-16-7-11(12(18)19)15-9-16/h7,9-10H,4-6,8H2,1-3H3,(H,14,20)(H,18,19). The summed E-state index contributed by atoms with van der Waals surface area (Å²) in [6.07, 6.45) is 2.86. The molecule has 1 heterocycles. The van der Waals surface area contributed by atoms with Crippen LogP contribution < -0.4 is 5.32 Å². The van der Waals surface area contributed by atoms with Gasteiger partial charge < -0.3 is 24.6 Å². The Morgan fingerprint density at radius 1 is 1.57 bits per heavy atom. The van der Waals surface area contributed by atoms with E-state index in [1.165, 1.54) is 12.5 Å². The Balaban J connectivity index is 2.42. The normalized spacial score (nSPS) is 12.0. The second-order valence-corrected chi connectivity index (χ2v) is 4.62. The summed E-state index contributed by atoms with van der Waals surface area (Å²) in [6, 6.07) is -0.174. The molecule has 118 valence electrons. The van der Waals surface area contributed by atoms with E-state index < -0.39 is 5.97 Å². The van der Waals surface area contributed by atoms with E-state index in [2.05, 4.69) is 10.3 Å². The van der Waals surface area contributed by atoms with Gasteiger partial charge in [-0.1, -0.05) is 0 Å². The first-order chi connectivity index (χ1) is 9.99. The number of hydrogen-bond acceptors (Lipinski definition) is 4. The Morgan fingerprint density at radius 3 is 2.81 bits per heavy atom. The molecular formula is C13H22N4O4. The summed E-state index contributed by atoms with van der Waals surface area (Å²) in [6.45, 7) is 5.74. The Hall–Kier alpha value is -2.09. The molecule has 0 aromatic carbocycles. The van der Waals surface area contributed by atoms with Gasteiger partial charge in [-0.15, -0.1) is 0 Å². The van der Waals surface area contributed by atoms with Gasteiger partial charge in [-0.25, -0.2) is 14.6 Å². The highest BCUT2D eigenvalue weighted by atomic mass is 16.5. The SMILES string of the molecule is CCN(C(=O)NCCn1cnc(C(=O)O)c1)C(C)COC. The van der Waals surface area contributed by atoms with Crippen LogP contribution in [0.1, 0.15) is 24.3 Å². The molecule has 0 aliphatic carbocycles. The molecule has 2 amide bonds. The minimum Gasteiger partial charge on any atom is -0.476 e. The molecular weight excluding hydrogens is 276 g/mol. The highest BCUT2D eigenvalue weighted by Crippen LogP contribution is 2.00. The van der Waals surface area contributed by atoms with Gasteiger partial charge in [0, 0.05) is 32.9 Å². The molecule has 0 aliphatic heterocycles. The summed E-state index contributed by atoms with van der Waals surface area (Å²) in [7, 11) is 1.60. The van der Waals surface area contributed by atoms with E-state index in [1.54, 1.807) is 16.6 Å². The maximum absolute atomic E-state index is 12.0. The zero-order valence-corrected chi connectivity index (χ0v) is 12.6. The lowest BCUT2D eigenvalue weighted by atomic mass is 10.3. The molecule has 1 atom stereocenters. The molecule has 1 unspecified atom stereocenters. The molecule has 21 heavy (non-hydrogen) atoms. The maximum Gasteiger partial charge on any atom is 0.356 e. The monoisotopic (exact) mass is 298 g/mol. The van der Waals surface area contributed by atoms with E-state index in [0.29, 0.717) is 26.2 Å². The van der Waals surface area contributed by atoms with Crippen molar-refractivity contribution in [2.75, 3.05) is 26.8 Å². The Labute approximate surface area is 123 Å². The molecule has 1 aromatic rings. The van der Waals surface area contributed by atoms with E-state index in [1.807, 2.05) is 13.8 Å². The van der Waals surface area contributed by atoms with Gasteiger partial charge in [-0.2, -0.15) is 0 Å². The van der Waals surface area contributed by atoms with Gasteiger partial charge in [-0.05, 0) is 13.8 Å². The lowest BCUT2D eigenvalue weighted by Crippen LogP contribution is -2.47. The average Bonchev–Trinajstić information content (AvgIpc) is 2.89. The topological polar surface area (TPSA) is 96.7 Å². The molecule has 0 saturated carbocycles. The second-order valence-electron chi connectivity index (χ2n) is 4.62. The number of imidazole rings is 1. The van der Waals surface area contributed by atoms with Crippen LogP contribution in [0, 0.1) is 0 Å². The predicted molar refractivity (Wildman–Crippen MR) is 76.3 cm³/mol. The average molecular weight is 298 g/mol. The molecule has 0 bridgehead atoms. The van der Waals surface area contributed by atoms with Crippen LogP contribution in [0.5, 0.6) is 0 Å². The van der Waals surface area contributed by atoms with E-state index >= 15 is 0 Å². The number of nitrogens with one attached hydrogen (secondary N) is 1. The van der Waals surface area contributed by atoms with Crippen LogP contribution in [0.3, 0.4) is 0 Å². The molecule has 0 fully saturated rings. The third-order valence-corrected chi connectivity index (χ3v) is 3.04. The van der Waals surface area contributed by atoms with Crippen molar-refractivity contribution in [2.45, 2.75) is 26.4 Å². The lowest BCUT2D eigenvalue weighted by Gasteiger charge is -2.27. The summed E-state index contributed by atoms with van der Waals surface area (Å²) >= 11 is 0. The van der Waals surface area contributed by atoms with Crippen LogP contribution in [0.25, 0.3) is 0 Å². The number of likely N-dealkylation sites (N-methyl/N-ethyl adjacent to an activating group) is 1. The van der Waals surface area contributed by atoms with Crippen LogP contribution in [0.15, 0.2) is 12.5 Å². The van der Waals surface area contributed by atoms with Crippen molar-refractivity contribution < 1.29 is 19.4 Å². The van der Waals surface area contributed by atoms with Gasteiger partial charge in [-0.3, -0.25) is 0 Å². The Kier molecular flexibility index (Phi) is 6.67. The summed E-state index contributed by atoms with van der Waals surface area (Å²) in [5.74, 6) is -1.07. The number of aromatic carboxylic acids is 1. The Bertz CT molecular complexity index is 474. The fourth-order valence-corrected chi connectivity index (χ4v) is 1.97. The van der Waals surface area contributed by atoms with Crippen molar-refractivity contribution in [3.05, 3.63) is 18.2 Å². The highest BCUT2D eigenvalue weighted by molar-refractivity contribution is 5.84. The first-order valence-electron chi connectivity index (χ1n) is 6.78. The van der Waals surface area contributed by atoms with E-state index in [-0.39, 0.29) is 17.8 Å². The van der Waals surface area contributed by atoms with Gasteiger partial charge in [0.15, 0.2) is 5.69 Å². The number of carboxylic acid groups (broad SMARTS) is 1. The molecule has 0 aliphatic rings. The van der Waals surface area contributed by atoms with Gasteiger partial charge in [0.2, 0.25) is 0 Å². The van der Waals surface area contributed by atoms with Gasteiger partial charge >= 0.3 is 12.0 Å². The largest absolute Gasteiger partial charge is 0.476 e. The third-order valence-electron chi connectivity index (χ3n) is 3.04. The molecule has 2 N–H and O–H groups in total. The van der Waals surface area contributed by atoms with Crippen molar-refractivity contribution in [1.82, 2.24) is 19.8 Å². The molecule has 1 rings (SSSR count). The van der Waals surface area contributed by atoms with Crippen LogP contribution in [-0.4, -0.2) is 64.4 Å². The zero-order valence-electron chi connectivity index (χ0n) is 12.6. The molecule has 0 spiro atoms. The molecule has 1 aromatic heterocycles. The summed E-state index contributed by atoms with van der Waals surface area (Å²) in [5, 5.41) is 11.6. The van der Waals surface area contributed by atoms with Crippen molar-refractivity contribution >= 4 is 12.0 Å². The fourth-order valence-electron chi connectivity index (χ4n) is 1.97. The lowest BCUT2D eigenvalue weighted by molar-refractivity contribution is 0.0691. The first kappa shape index (κ1) is 17.0. The first-order valence-corrected chi connectivity index (χ1v) is 6.78. The smallest absolute Gasteiger partial charge is 0.356 e. The number of nitrogens with zero attached hydrogens (tertiary/aromatic N) is 3. The number of amides is 2. The summed E-state index contributed by atoms with van der Waals surface area (Å²) in [5.41, 5.74) is -0.00905. The van der Waals surface area contributed by atoms with Crippen molar-refractivity contribution in [2.24, 2.45) is 0 Å². The quantitative estimate of drug-likeness (QED) is 0.734. The molecule has 8 heteroatoms. The minimum atomic E-state index is -1.07. The van der Waals surface area contributed by atoms with E-state index in [0.717, 1.165) is 0 Å². The number of hydrogen-bond donors (Lipinski definition) is 2. The number of methoxy groups -OCH3 is 1. The summed E-state index contributed by atoms with van der Waals surface area (Å²) in [4.78, 5) is 28.2. The number of ether oxygens (including phenoxy) is 1. The van der Waals surface area contributed by atoms with Crippen molar-refractivity contribution in [3.8, 4) is 0 Å². The van der Waals surface area contributed by atoms with Crippen LogP contribution in [0.2, 0.25) is 0 Å². The molecule has 0 radical (unpaired) electrons. The van der Waals surface area contributed by atoms with E-state index in [9.17, 15) is 9.59 Å². The number of carbonyl (C=O) groups is 2. The number of aromatic nitrogens is 2. The summed E-state index contributed by atoms with van der Waals surface area (Å²) < 4.78 is 6.67. The van der Waals surface area contributed by atoms with Gasteiger partial charge in [0.05, 0.1) is 19.0 Å². The number of rotatable bonds is 8. The predicted octanol–water partition coefficient (Wildman–Crippen LogP) is 0.648. The van der Waals surface area contributed by atoms with Crippen LogP contribution >= 0.6 is 0 Å². The van der Waals surface area contributed by atoms with E-state index in [4.69, 9.17) is 9.84 Å².